The molecule has 0 amide bonds. The number of fused-ring (bicyclic) bond motifs is 8. The second kappa shape index (κ2) is 14.2. The van der Waals surface area contributed by atoms with Crippen LogP contribution < -0.4 is 0 Å². The molecule has 1 heterocycles. The Bertz CT molecular complexity index is 1860. The van der Waals surface area contributed by atoms with E-state index in [-0.39, 0.29) is 29.0 Å². The molecule has 7 rings (SSSR count). The lowest BCUT2D eigenvalue weighted by Crippen LogP contribution is -2.53. The molecule has 8 heteroatoms. The predicted molar refractivity (Wildman–Crippen MR) is 192 cm³/mol. The lowest BCUT2D eigenvalue weighted by atomic mass is 9.64. The highest BCUT2D eigenvalue weighted by Crippen LogP contribution is 2.59. The average molecular weight is 684 g/mol. The maximum Gasteiger partial charge on any atom is 0.252 e. The quantitative estimate of drug-likeness (QED) is 0.145. The minimum Gasteiger partial charge on any atom is -0.393 e. The summed E-state index contributed by atoms with van der Waals surface area (Å²) in [5.41, 5.74) is 2.83. The van der Waals surface area contributed by atoms with E-state index in [2.05, 4.69) is 19.9 Å². The van der Waals surface area contributed by atoms with E-state index in [1.807, 2.05) is 78.9 Å². The molecular formula is C40H45NO5S2. The lowest BCUT2D eigenvalue weighted by Gasteiger charge is -2.46. The Morgan fingerprint density at radius 3 is 2.40 bits per heavy atom. The molecule has 0 radical (unpaired) electrons. The number of ketones is 1. The van der Waals surface area contributed by atoms with Gasteiger partial charge in [0.15, 0.2) is 5.78 Å². The standard InChI is InChI=1S/C40H45NO5S2/c1-29-11-9-22-39(2)36(34-20-18-31(25-33(42)19-17-29)26-35(34)38(43)32-14-7-4-8-15-32)21-23-40(39,44)28-41(27-30-12-5-3-6-13-30)48(45,46)37-16-10-24-47-37/h3-8,10-16,18,20,24,26,33,36,42,44H,9,17,19,21-23,25,27-28H2,1-2H3. The topological polar surface area (TPSA) is 94.9 Å². The van der Waals surface area contributed by atoms with Crippen molar-refractivity contribution in [2.75, 3.05) is 6.54 Å². The number of aliphatic hydroxyl groups is 2. The first-order valence-corrected chi connectivity index (χ1v) is 19.2. The number of hydrogen-bond acceptors (Lipinski definition) is 6. The van der Waals surface area contributed by atoms with Crippen LogP contribution in [0.5, 0.6) is 0 Å². The lowest BCUT2D eigenvalue weighted by molar-refractivity contribution is -0.0731. The summed E-state index contributed by atoms with van der Waals surface area (Å²) in [6.07, 6.45) is 5.77. The van der Waals surface area contributed by atoms with E-state index in [0.717, 1.165) is 23.1 Å². The van der Waals surface area contributed by atoms with Gasteiger partial charge in [-0.15, -0.1) is 11.3 Å². The smallest absolute Gasteiger partial charge is 0.252 e. The van der Waals surface area contributed by atoms with Crippen molar-refractivity contribution in [3.63, 3.8) is 0 Å². The zero-order valence-corrected chi connectivity index (χ0v) is 29.3. The van der Waals surface area contributed by atoms with Gasteiger partial charge in [0.25, 0.3) is 10.0 Å². The van der Waals surface area contributed by atoms with Crippen molar-refractivity contribution in [1.82, 2.24) is 4.31 Å². The SMILES string of the molecule is CC1=CCCC2(C)C(CCC2(O)CN(Cc2ccccc2)S(=O)(=O)c2cccs2)c2ccc(cc2C(=O)c2ccccc2)CC(O)CC1. The Hall–Kier alpha value is -3.40. The number of aliphatic hydroxyl groups excluding tert-OH is 1. The number of carbonyl (C=O) groups excluding carboxylic acids is 1. The van der Waals surface area contributed by atoms with E-state index < -0.39 is 27.1 Å². The minimum atomic E-state index is -3.91. The van der Waals surface area contributed by atoms with Crippen LogP contribution in [0, 0.1) is 5.41 Å². The fraction of sp³-hybridized carbons (Fsp3) is 0.375. The minimum absolute atomic E-state index is 0.0654. The van der Waals surface area contributed by atoms with Gasteiger partial charge in [0.05, 0.1) is 11.7 Å². The van der Waals surface area contributed by atoms with Gasteiger partial charge >= 0.3 is 0 Å². The number of sulfonamides is 1. The summed E-state index contributed by atoms with van der Waals surface area (Å²) < 4.78 is 30.1. The summed E-state index contributed by atoms with van der Waals surface area (Å²) in [7, 11) is -3.91. The van der Waals surface area contributed by atoms with E-state index in [1.165, 1.54) is 21.2 Å². The average Bonchev–Trinajstić information content (AvgIpc) is 3.72. The van der Waals surface area contributed by atoms with E-state index in [9.17, 15) is 23.4 Å². The fourth-order valence-electron chi connectivity index (χ4n) is 7.78. The van der Waals surface area contributed by atoms with Gasteiger partial charge in [0.1, 0.15) is 4.21 Å². The summed E-state index contributed by atoms with van der Waals surface area (Å²) in [6.45, 7) is 4.24. The Balaban J connectivity index is 1.46. The monoisotopic (exact) mass is 683 g/mol. The second-order valence-electron chi connectivity index (χ2n) is 13.8. The number of rotatable bonds is 8. The third kappa shape index (κ3) is 7.00. The third-order valence-electron chi connectivity index (χ3n) is 10.7. The Morgan fingerprint density at radius 2 is 1.69 bits per heavy atom. The molecule has 48 heavy (non-hydrogen) atoms. The molecule has 4 atom stereocenters. The highest BCUT2D eigenvalue weighted by molar-refractivity contribution is 7.91. The van der Waals surface area contributed by atoms with Crippen molar-refractivity contribution in [1.29, 1.82) is 0 Å². The van der Waals surface area contributed by atoms with E-state index in [1.54, 1.807) is 17.5 Å². The van der Waals surface area contributed by atoms with Gasteiger partial charge < -0.3 is 10.2 Å². The highest BCUT2D eigenvalue weighted by atomic mass is 32.2. The van der Waals surface area contributed by atoms with Gasteiger partial charge in [-0.05, 0) is 92.0 Å². The zero-order chi connectivity index (χ0) is 33.9. The van der Waals surface area contributed by atoms with Crippen LogP contribution in [0.4, 0.5) is 0 Å². The molecule has 1 saturated carbocycles. The normalized spacial score (nSPS) is 25.0. The van der Waals surface area contributed by atoms with Crippen LogP contribution in [0.25, 0.3) is 0 Å². The molecule has 2 bridgehead atoms. The molecule has 252 valence electrons. The van der Waals surface area contributed by atoms with Gasteiger partial charge in [-0.2, -0.15) is 4.31 Å². The largest absolute Gasteiger partial charge is 0.393 e. The second-order valence-corrected chi connectivity index (χ2v) is 16.9. The van der Waals surface area contributed by atoms with Crippen LogP contribution in [0.2, 0.25) is 0 Å². The summed E-state index contributed by atoms with van der Waals surface area (Å²) in [5.74, 6) is -0.294. The summed E-state index contributed by atoms with van der Waals surface area (Å²) in [5, 5.41) is 25.6. The first-order chi connectivity index (χ1) is 23.0. The Kier molecular flexibility index (Phi) is 10.2. The van der Waals surface area contributed by atoms with Crippen molar-refractivity contribution in [2.45, 2.75) is 87.2 Å². The molecule has 3 aliphatic rings. The number of carbonyl (C=O) groups is 1. The van der Waals surface area contributed by atoms with Gasteiger partial charge in [-0.25, -0.2) is 8.42 Å². The molecule has 4 unspecified atom stereocenters. The molecule has 0 spiro atoms. The third-order valence-corrected chi connectivity index (χ3v) is 13.8. The number of benzene rings is 3. The molecule has 0 aliphatic heterocycles. The summed E-state index contributed by atoms with van der Waals surface area (Å²) in [4.78, 5) is 14.2. The molecule has 6 nitrogen and oxygen atoms in total. The summed E-state index contributed by atoms with van der Waals surface area (Å²) in [6, 6.07) is 28.1. The maximum atomic E-state index is 14.2. The number of allylic oxidation sites excluding steroid dienone is 2. The van der Waals surface area contributed by atoms with Crippen LogP contribution in [0.15, 0.2) is 112 Å². The Labute approximate surface area is 288 Å². The highest BCUT2D eigenvalue weighted by Gasteiger charge is 2.58. The van der Waals surface area contributed by atoms with Gasteiger partial charge in [0.2, 0.25) is 0 Å². The molecular weight excluding hydrogens is 639 g/mol. The van der Waals surface area contributed by atoms with E-state index in [0.29, 0.717) is 49.7 Å². The molecule has 1 aromatic heterocycles. The Morgan fingerprint density at radius 1 is 0.958 bits per heavy atom. The van der Waals surface area contributed by atoms with Crippen molar-refractivity contribution in [3.8, 4) is 0 Å². The summed E-state index contributed by atoms with van der Waals surface area (Å²) >= 11 is 1.18. The molecule has 1 fully saturated rings. The van der Waals surface area contributed by atoms with E-state index in [4.69, 9.17) is 0 Å². The first kappa shape index (κ1) is 34.5. The van der Waals surface area contributed by atoms with Crippen molar-refractivity contribution < 1.29 is 23.4 Å². The van der Waals surface area contributed by atoms with Crippen LogP contribution in [-0.2, 0) is 23.0 Å². The first-order valence-electron chi connectivity index (χ1n) is 16.9. The molecule has 0 saturated heterocycles. The van der Waals surface area contributed by atoms with Crippen molar-refractivity contribution in [3.05, 3.63) is 136 Å². The van der Waals surface area contributed by atoms with Crippen molar-refractivity contribution >= 4 is 27.1 Å². The number of nitrogens with zero attached hydrogens (tertiary/aromatic N) is 1. The van der Waals surface area contributed by atoms with Crippen LogP contribution in [-0.4, -0.2) is 47.0 Å². The molecule has 2 N–H and O–H groups in total. The molecule has 3 aliphatic carbocycles. The number of hydrogen-bond donors (Lipinski definition) is 2. The van der Waals surface area contributed by atoms with Gasteiger partial charge in [-0.3, -0.25) is 4.79 Å². The van der Waals surface area contributed by atoms with Gasteiger partial charge in [-0.1, -0.05) is 97.4 Å². The zero-order valence-electron chi connectivity index (χ0n) is 27.7. The predicted octanol–water partition coefficient (Wildman–Crippen LogP) is 7.91. The van der Waals surface area contributed by atoms with Crippen LogP contribution in [0.1, 0.15) is 90.9 Å². The van der Waals surface area contributed by atoms with Crippen LogP contribution in [0.3, 0.4) is 0 Å². The molecule has 4 aromatic rings. The molecule has 3 aromatic carbocycles. The van der Waals surface area contributed by atoms with Gasteiger partial charge in [0, 0.05) is 29.6 Å². The van der Waals surface area contributed by atoms with Crippen LogP contribution >= 0.6 is 11.3 Å². The van der Waals surface area contributed by atoms with E-state index >= 15 is 0 Å². The van der Waals surface area contributed by atoms with Crippen molar-refractivity contribution in [2.24, 2.45) is 5.41 Å². The number of thiophene rings is 1. The maximum absolute atomic E-state index is 14.2. The fourth-order valence-corrected chi connectivity index (χ4v) is 10.4.